The molecule has 2 aromatic heterocycles. The molecule has 0 unspecified atom stereocenters. The van der Waals surface area contributed by atoms with Crippen LogP contribution < -0.4 is 19.5 Å². The van der Waals surface area contributed by atoms with Crippen molar-refractivity contribution in [3.05, 3.63) is 88.9 Å². The van der Waals surface area contributed by atoms with Crippen LogP contribution in [0.1, 0.15) is 16.7 Å². The number of amides is 1. The highest BCUT2D eigenvalue weighted by molar-refractivity contribution is 7.13. The van der Waals surface area contributed by atoms with E-state index in [2.05, 4.69) is 17.4 Å². The Balaban J connectivity index is 1.49. The van der Waals surface area contributed by atoms with Crippen LogP contribution in [0, 0.1) is 0 Å². The van der Waals surface area contributed by atoms with E-state index in [1.807, 2.05) is 58.7 Å². The Labute approximate surface area is 208 Å². The molecule has 35 heavy (non-hydrogen) atoms. The molecule has 7 nitrogen and oxygen atoms in total. The molecule has 0 saturated carbocycles. The van der Waals surface area contributed by atoms with Crippen LogP contribution in [-0.4, -0.2) is 37.0 Å². The van der Waals surface area contributed by atoms with Crippen LogP contribution in [0.15, 0.2) is 72.3 Å². The average Bonchev–Trinajstić information content (AvgIpc) is 3.56. The van der Waals surface area contributed by atoms with E-state index in [1.54, 1.807) is 38.7 Å². The minimum absolute atomic E-state index is 0.216. The van der Waals surface area contributed by atoms with E-state index < -0.39 is 0 Å². The lowest BCUT2D eigenvalue weighted by Gasteiger charge is -2.14. The van der Waals surface area contributed by atoms with Crippen LogP contribution in [0.25, 0.3) is 16.6 Å². The maximum atomic E-state index is 12.6. The maximum Gasteiger partial charge on any atom is 0.244 e. The minimum Gasteiger partial charge on any atom is -0.493 e. The summed E-state index contributed by atoms with van der Waals surface area (Å²) >= 11 is 1.62. The first kappa shape index (κ1) is 24.1. The normalized spacial score (nSPS) is 10.9. The summed E-state index contributed by atoms with van der Waals surface area (Å²) in [6.45, 7) is 0.964. The van der Waals surface area contributed by atoms with Gasteiger partial charge in [0.1, 0.15) is 5.69 Å². The van der Waals surface area contributed by atoms with Crippen molar-refractivity contribution in [1.29, 1.82) is 0 Å². The smallest absolute Gasteiger partial charge is 0.244 e. The zero-order valence-corrected chi connectivity index (χ0v) is 20.7. The number of methoxy groups -OCH3 is 3. The Morgan fingerprint density at radius 3 is 2.37 bits per heavy atom. The van der Waals surface area contributed by atoms with Crippen LogP contribution in [0.3, 0.4) is 0 Å². The number of benzene rings is 2. The van der Waals surface area contributed by atoms with E-state index in [0.29, 0.717) is 30.3 Å². The first-order valence-electron chi connectivity index (χ1n) is 11.0. The molecule has 0 bridgehead atoms. The van der Waals surface area contributed by atoms with Crippen molar-refractivity contribution in [2.75, 3.05) is 21.3 Å². The lowest BCUT2D eigenvalue weighted by molar-refractivity contribution is -0.116. The lowest BCUT2D eigenvalue weighted by atomic mass is 10.1. The van der Waals surface area contributed by atoms with Crippen molar-refractivity contribution in [3.63, 3.8) is 0 Å². The van der Waals surface area contributed by atoms with Crippen molar-refractivity contribution < 1.29 is 19.0 Å². The van der Waals surface area contributed by atoms with Gasteiger partial charge < -0.3 is 19.5 Å². The molecule has 0 saturated heterocycles. The van der Waals surface area contributed by atoms with Gasteiger partial charge in [-0.2, -0.15) is 5.10 Å². The predicted molar refractivity (Wildman–Crippen MR) is 138 cm³/mol. The SMILES string of the molecule is COc1cc(CNC(=O)/C=C/c2cn(Cc3ccccc3)nc2-c2cccs2)cc(OC)c1OC. The summed E-state index contributed by atoms with van der Waals surface area (Å²) in [5.74, 6) is 1.38. The maximum absolute atomic E-state index is 12.6. The number of nitrogens with one attached hydrogen (secondary N) is 1. The van der Waals surface area contributed by atoms with Gasteiger partial charge in [0.25, 0.3) is 0 Å². The number of thiophene rings is 1. The molecular weight excluding hydrogens is 462 g/mol. The highest BCUT2D eigenvalue weighted by atomic mass is 32.1. The number of aromatic nitrogens is 2. The highest BCUT2D eigenvalue weighted by Crippen LogP contribution is 2.38. The summed E-state index contributed by atoms with van der Waals surface area (Å²) in [5.41, 5.74) is 3.72. The second kappa shape index (κ2) is 11.4. The summed E-state index contributed by atoms with van der Waals surface area (Å²) in [6, 6.07) is 17.8. The predicted octanol–water partition coefficient (Wildman–Crippen LogP) is 5.02. The molecule has 0 aliphatic carbocycles. The molecule has 1 N–H and O–H groups in total. The summed E-state index contributed by atoms with van der Waals surface area (Å²) in [5, 5.41) is 9.70. The Morgan fingerprint density at radius 2 is 1.74 bits per heavy atom. The van der Waals surface area contributed by atoms with Gasteiger partial charge in [-0.3, -0.25) is 9.48 Å². The summed E-state index contributed by atoms with van der Waals surface area (Å²) in [6.07, 6.45) is 5.29. The molecule has 0 atom stereocenters. The molecule has 180 valence electrons. The Morgan fingerprint density at radius 1 is 1.00 bits per heavy atom. The quantitative estimate of drug-likeness (QED) is 0.317. The van der Waals surface area contributed by atoms with Crippen LogP contribution in [0.4, 0.5) is 0 Å². The van der Waals surface area contributed by atoms with Gasteiger partial charge in [0.2, 0.25) is 11.7 Å². The molecule has 0 fully saturated rings. The summed E-state index contributed by atoms with van der Waals surface area (Å²) < 4.78 is 18.0. The first-order chi connectivity index (χ1) is 17.1. The van der Waals surface area contributed by atoms with Crippen LogP contribution in [-0.2, 0) is 17.9 Å². The van der Waals surface area contributed by atoms with E-state index >= 15 is 0 Å². The number of ether oxygens (including phenoxy) is 3. The summed E-state index contributed by atoms with van der Waals surface area (Å²) in [7, 11) is 4.68. The van der Waals surface area contributed by atoms with E-state index in [9.17, 15) is 4.79 Å². The number of hydrogen-bond acceptors (Lipinski definition) is 6. The molecular formula is C27H27N3O4S. The lowest BCUT2D eigenvalue weighted by Crippen LogP contribution is -2.20. The Bertz CT molecular complexity index is 1270. The molecule has 4 rings (SSSR count). The largest absolute Gasteiger partial charge is 0.493 e. The fraction of sp³-hybridized carbons (Fsp3) is 0.185. The van der Waals surface area contributed by atoms with E-state index in [-0.39, 0.29) is 5.91 Å². The van der Waals surface area contributed by atoms with Gasteiger partial charge in [-0.1, -0.05) is 36.4 Å². The van der Waals surface area contributed by atoms with E-state index in [4.69, 9.17) is 19.3 Å². The van der Waals surface area contributed by atoms with Crippen molar-refractivity contribution in [3.8, 4) is 27.8 Å². The topological polar surface area (TPSA) is 74.6 Å². The Kier molecular flexibility index (Phi) is 7.84. The number of nitrogens with zero attached hydrogens (tertiary/aromatic N) is 2. The van der Waals surface area contributed by atoms with Crippen LogP contribution in [0.2, 0.25) is 0 Å². The van der Waals surface area contributed by atoms with Crippen molar-refractivity contribution in [1.82, 2.24) is 15.1 Å². The van der Waals surface area contributed by atoms with Gasteiger partial charge in [-0.15, -0.1) is 11.3 Å². The monoisotopic (exact) mass is 489 g/mol. The third kappa shape index (κ3) is 5.91. The highest BCUT2D eigenvalue weighted by Gasteiger charge is 2.14. The summed E-state index contributed by atoms with van der Waals surface area (Å²) in [4.78, 5) is 13.7. The van der Waals surface area contributed by atoms with Crippen molar-refractivity contribution in [2.45, 2.75) is 13.1 Å². The molecule has 2 aromatic carbocycles. The molecule has 0 radical (unpaired) electrons. The third-order valence-electron chi connectivity index (χ3n) is 5.34. The van der Waals surface area contributed by atoms with Gasteiger partial charge in [-0.25, -0.2) is 0 Å². The standard InChI is InChI=1S/C27H27N3O4S/c1-32-22-14-20(15-23(33-2)27(22)34-3)16-28-25(31)12-11-21-18-30(17-19-8-5-4-6-9-19)29-26(21)24-10-7-13-35-24/h4-15,18H,16-17H2,1-3H3,(H,28,31)/b12-11+. The van der Waals surface area contributed by atoms with Crippen LogP contribution in [0.5, 0.6) is 17.2 Å². The van der Waals surface area contributed by atoms with Gasteiger partial charge in [0.05, 0.1) is 32.8 Å². The van der Waals surface area contributed by atoms with Crippen molar-refractivity contribution in [2.24, 2.45) is 0 Å². The zero-order valence-electron chi connectivity index (χ0n) is 19.9. The number of carbonyl (C=O) groups is 1. The number of hydrogen-bond donors (Lipinski definition) is 1. The molecule has 8 heteroatoms. The first-order valence-corrected chi connectivity index (χ1v) is 11.9. The van der Waals surface area contributed by atoms with Gasteiger partial charge >= 0.3 is 0 Å². The second-order valence-corrected chi connectivity index (χ2v) is 8.63. The average molecular weight is 490 g/mol. The molecule has 0 aliphatic rings. The van der Waals surface area contributed by atoms with Gasteiger partial charge in [-0.05, 0) is 40.8 Å². The Hall–Kier alpha value is -4.04. The van der Waals surface area contributed by atoms with Crippen molar-refractivity contribution >= 4 is 23.3 Å². The van der Waals surface area contributed by atoms with E-state index in [0.717, 1.165) is 27.3 Å². The minimum atomic E-state index is -0.216. The zero-order chi connectivity index (χ0) is 24.6. The molecule has 1 amide bonds. The second-order valence-electron chi connectivity index (χ2n) is 7.68. The molecule has 2 heterocycles. The van der Waals surface area contributed by atoms with Gasteiger partial charge in [0.15, 0.2) is 11.5 Å². The van der Waals surface area contributed by atoms with E-state index in [1.165, 1.54) is 6.08 Å². The fourth-order valence-corrected chi connectivity index (χ4v) is 4.40. The third-order valence-corrected chi connectivity index (χ3v) is 6.21. The number of rotatable bonds is 10. The fourth-order valence-electron chi connectivity index (χ4n) is 3.67. The number of carbonyl (C=O) groups excluding carboxylic acids is 1. The van der Waals surface area contributed by atoms with Gasteiger partial charge in [0, 0.05) is 24.4 Å². The molecule has 0 spiro atoms. The molecule has 0 aliphatic heterocycles. The van der Waals surface area contributed by atoms with Crippen LogP contribution >= 0.6 is 11.3 Å². The molecule has 4 aromatic rings.